The Bertz CT molecular complexity index is 689. The summed E-state index contributed by atoms with van der Waals surface area (Å²) in [6.07, 6.45) is 0.0691. The number of halogens is 3. The van der Waals surface area contributed by atoms with Crippen molar-refractivity contribution >= 4 is 14.8 Å². The molecule has 0 saturated heterocycles. The van der Waals surface area contributed by atoms with Gasteiger partial charge in [0.2, 0.25) is 5.50 Å². The molecule has 2 atom stereocenters. The number of oxime groups is 1. The molecule has 0 N–H and O–H groups in total. The lowest BCUT2D eigenvalue weighted by molar-refractivity contribution is 0.0123. The van der Waals surface area contributed by atoms with Crippen molar-refractivity contribution in [3.8, 4) is 0 Å². The Morgan fingerprint density at radius 2 is 1.95 bits per heavy atom. The molecular formula is C13H15F3N2O2S. The second-order valence-electron chi connectivity index (χ2n) is 5.22. The van der Waals surface area contributed by atoms with Crippen LogP contribution in [-0.2, 0) is 14.6 Å². The fourth-order valence-electron chi connectivity index (χ4n) is 1.96. The molecule has 0 aliphatic carbocycles. The van der Waals surface area contributed by atoms with Gasteiger partial charge in [0.05, 0.1) is 5.56 Å². The molecule has 0 saturated carbocycles. The van der Waals surface area contributed by atoms with E-state index < -0.39 is 38.0 Å². The van der Waals surface area contributed by atoms with E-state index in [2.05, 4.69) is 9.52 Å². The van der Waals surface area contributed by atoms with E-state index in [9.17, 15) is 17.4 Å². The second-order valence-corrected chi connectivity index (χ2v) is 7.60. The Balaban J connectivity index is 2.50. The van der Waals surface area contributed by atoms with Crippen molar-refractivity contribution in [2.45, 2.75) is 31.4 Å². The van der Waals surface area contributed by atoms with Crippen molar-refractivity contribution < 1.29 is 22.2 Å². The molecular weight excluding hydrogens is 305 g/mol. The van der Waals surface area contributed by atoms with Gasteiger partial charge in [-0.3, -0.25) is 0 Å². The van der Waals surface area contributed by atoms with Crippen molar-refractivity contribution in [3.63, 3.8) is 0 Å². The molecule has 1 aromatic carbocycles. The minimum absolute atomic E-state index is 0.0691. The maximum Gasteiger partial charge on any atom is 0.219 e. The lowest BCUT2D eigenvalue weighted by Gasteiger charge is -2.17. The van der Waals surface area contributed by atoms with Crippen molar-refractivity contribution in [1.82, 2.24) is 0 Å². The molecule has 21 heavy (non-hydrogen) atoms. The van der Waals surface area contributed by atoms with Gasteiger partial charge in [0, 0.05) is 13.5 Å². The van der Waals surface area contributed by atoms with E-state index in [-0.39, 0.29) is 11.5 Å². The van der Waals surface area contributed by atoms with Gasteiger partial charge in [0.1, 0.15) is 27.0 Å². The number of hydrogen-bond donors (Lipinski definition) is 0. The fraction of sp³-hybridized carbons (Fsp3) is 0.462. The Kier molecular flexibility index (Phi) is 4.01. The molecule has 0 spiro atoms. The standard InChI is InChI=1S/C13H15F3N2O2S/c1-13(2)7-10(18-20-13)21(19,17-3)12(16)11-8(14)5-4-6-9(11)15/h4-6,12H,7H2,1-3H3. The second kappa shape index (κ2) is 5.32. The van der Waals surface area contributed by atoms with Crippen LogP contribution in [0.4, 0.5) is 13.2 Å². The molecule has 4 nitrogen and oxygen atoms in total. The highest BCUT2D eigenvalue weighted by atomic mass is 32.2. The fourth-order valence-corrected chi connectivity index (χ4v) is 3.84. The summed E-state index contributed by atoms with van der Waals surface area (Å²) in [5.74, 6) is -2.23. The third-order valence-corrected chi connectivity index (χ3v) is 5.32. The summed E-state index contributed by atoms with van der Waals surface area (Å²) in [7, 11) is -2.62. The zero-order chi connectivity index (χ0) is 15.8. The molecule has 2 rings (SSSR count). The third kappa shape index (κ3) is 2.76. The third-order valence-electron chi connectivity index (χ3n) is 3.09. The molecule has 0 radical (unpaired) electrons. The molecule has 0 bridgehead atoms. The van der Waals surface area contributed by atoms with Crippen LogP contribution in [0.5, 0.6) is 0 Å². The van der Waals surface area contributed by atoms with E-state index in [1.165, 1.54) is 0 Å². The summed E-state index contributed by atoms with van der Waals surface area (Å²) >= 11 is 0. The normalized spacial score (nSPS) is 21.1. The maximum absolute atomic E-state index is 14.6. The van der Waals surface area contributed by atoms with Crippen molar-refractivity contribution in [3.05, 3.63) is 35.4 Å². The number of hydrogen-bond acceptors (Lipinski definition) is 4. The van der Waals surface area contributed by atoms with Crippen LogP contribution in [0, 0.1) is 11.6 Å². The molecule has 1 aliphatic heterocycles. The van der Waals surface area contributed by atoms with Crippen molar-refractivity contribution in [2.75, 3.05) is 7.05 Å². The summed E-state index contributed by atoms with van der Waals surface area (Å²) in [6, 6.07) is 2.90. The smallest absolute Gasteiger partial charge is 0.219 e. The quantitative estimate of drug-likeness (QED) is 0.837. The van der Waals surface area contributed by atoms with E-state index >= 15 is 0 Å². The first-order valence-electron chi connectivity index (χ1n) is 6.18. The van der Waals surface area contributed by atoms with Crippen LogP contribution in [0.1, 0.15) is 31.3 Å². The molecule has 8 heteroatoms. The first-order chi connectivity index (χ1) is 9.71. The molecule has 116 valence electrons. The van der Waals surface area contributed by atoms with Crippen LogP contribution >= 0.6 is 0 Å². The minimum Gasteiger partial charge on any atom is -0.389 e. The first-order valence-corrected chi connectivity index (χ1v) is 7.76. The zero-order valence-electron chi connectivity index (χ0n) is 11.8. The first kappa shape index (κ1) is 15.8. The van der Waals surface area contributed by atoms with Gasteiger partial charge >= 0.3 is 0 Å². The van der Waals surface area contributed by atoms with Crippen LogP contribution in [0.2, 0.25) is 0 Å². The minimum atomic E-state index is -3.75. The zero-order valence-corrected chi connectivity index (χ0v) is 12.6. The maximum atomic E-state index is 14.6. The largest absolute Gasteiger partial charge is 0.389 e. The summed E-state index contributed by atoms with van der Waals surface area (Å²) in [6.45, 7) is 3.35. The van der Waals surface area contributed by atoms with E-state index in [0.29, 0.717) is 0 Å². The van der Waals surface area contributed by atoms with Gasteiger partial charge in [0.25, 0.3) is 0 Å². The Morgan fingerprint density at radius 3 is 2.38 bits per heavy atom. The number of alkyl halides is 1. The topological polar surface area (TPSA) is 51.0 Å². The Labute approximate surface area is 121 Å². The predicted molar refractivity (Wildman–Crippen MR) is 73.9 cm³/mol. The van der Waals surface area contributed by atoms with Gasteiger partial charge in [-0.05, 0) is 26.0 Å². The summed E-state index contributed by atoms with van der Waals surface area (Å²) < 4.78 is 58.3. The van der Waals surface area contributed by atoms with Crippen LogP contribution < -0.4 is 0 Å². The molecule has 1 aromatic rings. The van der Waals surface area contributed by atoms with Gasteiger partial charge < -0.3 is 4.84 Å². The SMILES string of the molecule is CN=S(=O)(C1=NOC(C)(C)C1)C(F)c1c(F)cccc1F. The molecule has 1 heterocycles. The predicted octanol–water partition coefficient (Wildman–Crippen LogP) is 3.54. The highest BCUT2D eigenvalue weighted by Crippen LogP contribution is 2.36. The van der Waals surface area contributed by atoms with Gasteiger partial charge in [-0.25, -0.2) is 21.7 Å². The Hall–Kier alpha value is -1.57. The lowest BCUT2D eigenvalue weighted by Crippen LogP contribution is -2.25. The molecule has 0 amide bonds. The van der Waals surface area contributed by atoms with Crippen molar-refractivity contribution in [1.29, 1.82) is 0 Å². The lowest BCUT2D eigenvalue weighted by atomic mass is 10.1. The van der Waals surface area contributed by atoms with Crippen LogP contribution in [-0.4, -0.2) is 21.9 Å². The van der Waals surface area contributed by atoms with Crippen LogP contribution in [0.3, 0.4) is 0 Å². The van der Waals surface area contributed by atoms with E-state index in [1.807, 2.05) is 0 Å². The van der Waals surface area contributed by atoms with Crippen molar-refractivity contribution in [2.24, 2.45) is 9.52 Å². The average molecular weight is 320 g/mol. The van der Waals surface area contributed by atoms with Crippen LogP contribution in [0.25, 0.3) is 0 Å². The Morgan fingerprint density at radius 1 is 1.38 bits per heavy atom. The summed E-state index contributed by atoms with van der Waals surface area (Å²) in [5.41, 5.74) is -4.11. The van der Waals surface area contributed by atoms with E-state index in [4.69, 9.17) is 4.84 Å². The monoisotopic (exact) mass is 320 g/mol. The molecule has 2 unspecified atom stereocenters. The molecule has 0 aromatic heterocycles. The summed E-state index contributed by atoms with van der Waals surface area (Å²) in [4.78, 5) is 5.04. The van der Waals surface area contributed by atoms with Gasteiger partial charge in [0.15, 0.2) is 5.04 Å². The van der Waals surface area contributed by atoms with Crippen LogP contribution in [0.15, 0.2) is 27.7 Å². The highest BCUT2D eigenvalue weighted by molar-refractivity contribution is 8.08. The average Bonchev–Trinajstić information content (AvgIpc) is 2.78. The van der Waals surface area contributed by atoms with Gasteiger partial charge in [-0.1, -0.05) is 11.2 Å². The van der Waals surface area contributed by atoms with Gasteiger partial charge in [-0.15, -0.1) is 0 Å². The molecule has 1 aliphatic rings. The molecule has 0 fully saturated rings. The van der Waals surface area contributed by atoms with E-state index in [0.717, 1.165) is 25.2 Å². The highest BCUT2D eigenvalue weighted by Gasteiger charge is 2.41. The van der Waals surface area contributed by atoms with Gasteiger partial charge in [-0.2, -0.15) is 0 Å². The number of nitrogens with zero attached hydrogens (tertiary/aromatic N) is 2. The summed E-state index contributed by atoms with van der Waals surface area (Å²) in [5, 5.41) is 3.47. The van der Waals surface area contributed by atoms with E-state index in [1.54, 1.807) is 13.8 Å². The number of benzene rings is 1. The number of rotatable bonds is 2.